The number of amides is 1. The van der Waals surface area contributed by atoms with Crippen molar-refractivity contribution in [3.8, 4) is 0 Å². The fourth-order valence-corrected chi connectivity index (χ4v) is 4.35. The van der Waals surface area contributed by atoms with E-state index in [1.165, 1.54) is 12.1 Å². The van der Waals surface area contributed by atoms with Crippen molar-refractivity contribution in [1.29, 1.82) is 0 Å². The number of nitrogens with zero attached hydrogens (tertiary/aromatic N) is 2. The molecule has 0 aromatic heterocycles. The van der Waals surface area contributed by atoms with Gasteiger partial charge in [0.25, 0.3) is 0 Å². The zero-order valence-electron chi connectivity index (χ0n) is 17.1. The summed E-state index contributed by atoms with van der Waals surface area (Å²) in [5, 5.41) is 4.25. The molecule has 1 saturated carbocycles. The molecule has 4 nitrogen and oxygen atoms in total. The number of hydrogen-bond acceptors (Lipinski definition) is 3. The molecule has 0 unspecified atom stereocenters. The molecule has 0 bridgehead atoms. The Morgan fingerprint density at radius 2 is 1.93 bits per heavy atom. The van der Waals surface area contributed by atoms with Gasteiger partial charge in [0.1, 0.15) is 11.6 Å². The molecule has 1 aliphatic carbocycles. The predicted molar refractivity (Wildman–Crippen MR) is 111 cm³/mol. The number of oxime groups is 1. The summed E-state index contributed by atoms with van der Waals surface area (Å²) in [5.41, 5.74) is 3.33. The van der Waals surface area contributed by atoms with Gasteiger partial charge in [0.2, 0.25) is 5.91 Å². The highest BCUT2D eigenvalue weighted by Gasteiger charge is 2.32. The Morgan fingerprint density at radius 1 is 1.17 bits per heavy atom. The van der Waals surface area contributed by atoms with E-state index < -0.39 is 11.6 Å². The average molecular weight is 412 g/mol. The maximum Gasteiger partial charge on any atom is 0.226 e. The Labute approximate surface area is 175 Å². The van der Waals surface area contributed by atoms with Gasteiger partial charge in [-0.1, -0.05) is 48.3 Å². The monoisotopic (exact) mass is 412 g/mol. The van der Waals surface area contributed by atoms with Crippen molar-refractivity contribution in [2.45, 2.75) is 51.7 Å². The molecule has 1 aliphatic heterocycles. The lowest BCUT2D eigenvalue weighted by Crippen LogP contribution is -2.40. The van der Waals surface area contributed by atoms with Crippen LogP contribution in [-0.2, 0) is 16.2 Å². The number of aryl methyl sites for hydroxylation is 1. The van der Waals surface area contributed by atoms with Crippen LogP contribution in [0.15, 0.2) is 47.6 Å². The van der Waals surface area contributed by atoms with E-state index in [0.29, 0.717) is 18.5 Å². The summed E-state index contributed by atoms with van der Waals surface area (Å²) < 4.78 is 27.6. The molecule has 0 spiro atoms. The molecule has 1 heterocycles. The van der Waals surface area contributed by atoms with E-state index in [1.807, 2.05) is 31.2 Å². The molecule has 0 N–H and O–H groups in total. The van der Waals surface area contributed by atoms with Crippen molar-refractivity contribution in [1.82, 2.24) is 4.90 Å². The lowest BCUT2D eigenvalue weighted by atomic mass is 9.99. The molecular weight excluding hydrogens is 386 g/mol. The lowest BCUT2D eigenvalue weighted by Gasteiger charge is -2.27. The number of carbonyl (C=O) groups is 1. The summed E-state index contributed by atoms with van der Waals surface area (Å²) >= 11 is 0. The van der Waals surface area contributed by atoms with Crippen LogP contribution in [0.4, 0.5) is 8.78 Å². The third-order valence-corrected chi connectivity index (χ3v) is 6.01. The Balaban J connectivity index is 1.49. The summed E-state index contributed by atoms with van der Waals surface area (Å²) in [6.07, 6.45) is 4.10. The number of benzene rings is 2. The van der Waals surface area contributed by atoms with E-state index in [0.717, 1.165) is 48.6 Å². The Hall–Kier alpha value is -2.76. The van der Waals surface area contributed by atoms with E-state index in [2.05, 4.69) is 5.16 Å². The maximum absolute atomic E-state index is 14.3. The lowest BCUT2D eigenvalue weighted by molar-refractivity contribution is -0.137. The van der Waals surface area contributed by atoms with Crippen molar-refractivity contribution < 1.29 is 18.4 Å². The van der Waals surface area contributed by atoms with E-state index in [9.17, 15) is 13.6 Å². The number of carbonyl (C=O) groups excluding carboxylic acids is 1. The van der Waals surface area contributed by atoms with Gasteiger partial charge < -0.3 is 9.74 Å². The normalized spacial score (nSPS) is 18.9. The van der Waals surface area contributed by atoms with Gasteiger partial charge in [-0.3, -0.25) is 4.79 Å². The molecule has 0 radical (unpaired) electrons. The Bertz CT molecular complexity index is 954. The van der Waals surface area contributed by atoms with Crippen molar-refractivity contribution >= 4 is 11.6 Å². The van der Waals surface area contributed by atoms with Crippen molar-refractivity contribution in [2.24, 2.45) is 11.1 Å². The highest BCUT2D eigenvalue weighted by atomic mass is 19.1. The van der Waals surface area contributed by atoms with Crippen LogP contribution in [-0.4, -0.2) is 29.2 Å². The minimum Gasteiger partial charge on any atom is -0.390 e. The van der Waals surface area contributed by atoms with Gasteiger partial charge in [-0.2, -0.15) is 0 Å². The van der Waals surface area contributed by atoms with Crippen LogP contribution in [0.2, 0.25) is 0 Å². The minimum atomic E-state index is -0.636. The van der Waals surface area contributed by atoms with Gasteiger partial charge in [0.05, 0.1) is 12.3 Å². The van der Waals surface area contributed by atoms with Gasteiger partial charge in [-0.25, -0.2) is 8.78 Å². The van der Waals surface area contributed by atoms with Gasteiger partial charge in [0.15, 0.2) is 6.10 Å². The van der Waals surface area contributed by atoms with Crippen molar-refractivity contribution in [3.63, 3.8) is 0 Å². The average Bonchev–Trinajstić information content (AvgIpc) is 3.41. The summed E-state index contributed by atoms with van der Waals surface area (Å²) in [6.45, 7) is 2.45. The van der Waals surface area contributed by atoms with E-state index in [1.54, 1.807) is 4.90 Å². The van der Waals surface area contributed by atoms with Gasteiger partial charge in [-0.15, -0.1) is 0 Å². The topological polar surface area (TPSA) is 41.9 Å². The summed E-state index contributed by atoms with van der Waals surface area (Å²) in [4.78, 5) is 20.5. The third-order valence-electron chi connectivity index (χ3n) is 6.01. The van der Waals surface area contributed by atoms with Gasteiger partial charge >= 0.3 is 0 Å². The van der Waals surface area contributed by atoms with Crippen LogP contribution in [0.3, 0.4) is 0 Å². The fraction of sp³-hybridized carbons (Fsp3) is 0.417. The molecule has 158 valence electrons. The molecule has 1 atom stereocenters. The van der Waals surface area contributed by atoms with Crippen molar-refractivity contribution in [2.75, 3.05) is 6.54 Å². The van der Waals surface area contributed by atoms with Crippen LogP contribution in [0, 0.1) is 24.5 Å². The molecule has 2 aromatic rings. The standard InChI is InChI=1S/C24H26F2N2O2/c1-16-6-2-5-9-21(16)23-13-20(30-27-23)15-28(24(29)17-7-3-4-8-17)14-18-10-11-19(25)12-22(18)26/h2,5-6,9-12,17,20H,3-4,7-8,13-15H2,1H3/t20-/m0/s1. The highest BCUT2D eigenvalue weighted by molar-refractivity contribution is 6.02. The molecular formula is C24H26F2N2O2. The van der Waals surface area contributed by atoms with Crippen LogP contribution < -0.4 is 0 Å². The highest BCUT2D eigenvalue weighted by Crippen LogP contribution is 2.28. The van der Waals surface area contributed by atoms with Crippen LogP contribution in [0.1, 0.15) is 48.8 Å². The third kappa shape index (κ3) is 4.53. The van der Waals surface area contributed by atoms with Crippen molar-refractivity contribution in [3.05, 3.63) is 70.8 Å². The summed E-state index contributed by atoms with van der Waals surface area (Å²) in [7, 11) is 0. The second kappa shape index (κ2) is 8.94. The minimum absolute atomic E-state index is 0.0177. The first kappa shape index (κ1) is 20.5. The smallest absolute Gasteiger partial charge is 0.226 e. The van der Waals surface area contributed by atoms with E-state index in [-0.39, 0.29) is 24.5 Å². The van der Waals surface area contributed by atoms with Gasteiger partial charge in [0, 0.05) is 36.1 Å². The molecule has 30 heavy (non-hydrogen) atoms. The first-order valence-corrected chi connectivity index (χ1v) is 10.5. The first-order chi connectivity index (χ1) is 14.5. The summed E-state index contributed by atoms with van der Waals surface area (Å²) in [5.74, 6) is -1.28. The molecule has 6 heteroatoms. The molecule has 2 aliphatic rings. The second-order valence-electron chi connectivity index (χ2n) is 8.22. The first-order valence-electron chi connectivity index (χ1n) is 10.5. The molecule has 2 aromatic carbocycles. The molecule has 1 amide bonds. The second-order valence-corrected chi connectivity index (χ2v) is 8.22. The zero-order chi connectivity index (χ0) is 21.1. The van der Waals surface area contributed by atoms with Crippen LogP contribution in [0.25, 0.3) is 0 Å². The van der Waals surface area contributed by atoms with Crippen LogP contribution in [0.5, 0.6) is 0 Å². The number of halogens is 2. The Morgan fingerprint density at radius 3 is 2.67 bits per heavy atom. The molecule has 0 saturated heterocycles. The Kier molecular flexibility index (Phi) is 6.11. The molecule has 4 rings (SSSR count). The maximum atomic E-state index is 14.3. The van der Waals surface area contributed by atoms with E-state index >= 15 is 0 Å². The van der Waals surface area contributed by atoms with E-state index in [4.69, 9.17) is 4.84 Å². The SMILES string of the molecule is Cc1ccccc1C1=NO[C@H](CN(Cc2ccc(F)cc2F)C(=O)C2CCCC2)C1. The van der Waals surface area contributed by atoms with Gasteiger partial charge in [-0.05, 0) is 31.4 Å². The predicted octanol–water partition coefficient (Wildman–Crippen LogP) is 4.99. The quantitative estimate of drug-likeness (QED) is 0.671. The number of rotatable bonds is 6. The fourth-order valence-electron chi connectivity index (χ4n) is 4.35. The largest absolute Gasteiger partial charge is 0.390 e. The summed E-state index contributed by atoms with van der Waals surface area (Å²) in [6, 6.07) is 11.5. The zero-order valence-corrected chi connectivity index (χ0v) is 17.1. The molecule has 1 fully saturated rings. The van der Waals surface area contributed by atoms with Crippen LogP contribution >= 0.6 is 0 Å². The number of hydrogen-bond donors (Lipinski definition) is 0.